The maximum absolute atomic E-state index is 11.5. The van der Waals surface area contributed by atoms with Crippen molar-refractivity contribution in [3.8, 4) is 0 Å². The molecule has 0 saturated carbocycles. The molecule has 0 aromatic carbocycles. The van der Waals surface area contributed by atoms with E-state index in [4.69, 9.17) is 0 Å². The molecule has 0 bridgehead atoms. The first-order chi connectivity index (χ1) is 4.58. The largest absolute Gasteiger partial charge is 0.406 e. The van der Waals surface area contributed by atoms with Gasteiger partial charge in [-0.1, -0.05) is 0 Å². The average molecular weight is 149 g/mol. The molecule has 55 valence electrons. The summed E-state index contributed by atoms with van der Waals surface area (Å²) in [5.74, 6) is 0. The third kappa shape index (κ3) is 2.24. The van der Waals surface area contributed by atoms with Gasteiger partial charge in [0.2, 0.25) is 0 Å². The van der Waals surface area contributed by atoms with Crippen molar-refractivity contribution in [2.75, 3.05) is 13.1 Å². The molecule has 1 aliphatic rings. The van der Waals surface area contributed by atoms with Crippen LogP contribution in [0.3, 0.4) is 0 Å². The van der Waals surface area contributed by atoms with Gasteiger partial charge in [-0.25, -0.2) is 0 Å². The third-order valence-electron chi connectivity index (χ3n) is 0.869. The number of halogens is 3. The van der Waals surface area contributed by atoms with Crippen molar-refractivity contribution in [3.05, 3.63) is 6.54 Å². The van der Waals surface area contributed by atoms with E-state index < -0.39 is 12.7 Å². The van der Waals surface area contributed by atoms with Crippen LogP contribution in [0.25, 0.3) is 0 Å². The highest BCUT2D eigenvalue weighted by Gasteiger charge is 2.31. The molecule has 0 N–H and O–H groups in total. The van der Waals surface area contributed by atoms with E-state index >= 15 is 0 Å². The summed E-state index contributed by atoms with van der Waals surface area (Å²) in [6.45, 7) is 1.48. The van der Waals surface area contributed by atoms with Gasteiger partial charge in [-0.3, -0.25) is 4.99 Å². The van der Waals surface area contributed by atoms with E-state index in [1.807, 2.05) is 0 Å². The van der Waals surface area contributed by atoms with Crippen LogP contribution in [-0.4, -0.2) is 30.5 Å². The monoisotopic (exact) mass is 149 g/mol. The normalized spacial score (nSPS) is 18.5. The Labute approximate surface area is 56.3 Å². The molecule has 0 saturated heterocycles. The number of alkyl halides is 3. The third-order valence-corrected chi connectivity index (χ3v) is 0.869. The summed E-state index contributed by atoms with van der Waals surface area (Å²) in [6, 6.07) is 0. The van der Waals surface area contributed by atoms with E-state index in [1.54, 1.807) is 0 Å². The molecule has 10 heavy (non-hydrogen) atoms. The van der Waals surface area contributed by atoms with E-state index in [1.165, 1.54) is 0 Å². The summed E-state index contributed by atoms with van der Waals surface area (Å²) in [5.41, 5.74) is 0. The van der Waals surface area contributed by atoms with Gasteiger partial charge in [0.1, 0.15) is 13.1 Å². The Hall–Kier alpha value is -0.740. The fourth-order valence-corrected chi connectivity index (χ4v) is 0.547. The summed E-state index contributed by atoms with van der Waals surface area (Å²) >= 11 is 0. The molecule has 0 aromatic heterocycles. The van der Waals surface area contributed by atoms with Crippen molar-refractivity contribution in [1.82, 2.24) is 4.90 Å². The first kappa shape index (κ1) is 7.37. The van der Waals surface area contributed by atoms with Crippen LogP contribution in [0, 0.1) is 6.54 Å². The Morgan fingerprint density at radius 1 is 1.50 bits per heavy atom. The standard InChI is InChI=1S/C5H4F3N2/c6-5(7,8)3-10-2-1-9-4-10/h1,3H2. The summed E-state index contributed by atoms with van der Waals surface area (Å²) < 4.78 is 34.6. The number of hydrogen-bond acceptors (Lipinski definition) is 2. The Bertz CT molecular complexity index is 140. The van der Waals surface area contributed by atoms with Crippen LogP contribution in [-0.2, 0) is 0 Å². The lowest BCUT2D eigenvalue weighted by Crippen LogP contribution is -2.29. The van der Waals surface area contributed by atoms with Crippen LogP contribution in [0.2, 0.25) is 0 Å². The van der Waals surface area contributed by atoms with Crippen LogP contribution in [0.15, 0.2) is 4.99 Å². The number of rotatable bonds is 1. The van der Waals surface area contributed by atoms with Crippen LogP contribution in [0.1, 0.15) is 0 Å². The van der Waals surface area contributed by atoms with E-state index in [2.05, 4.69) is 17.9 Å². The van der Waals surface area contributed by atoms with Crippen molar-refractivity contribution in [2.24, 2.45) is 4.99 Å². The lowest BCUT2D eigenvalue weighted by atomic mass is 10.5. The minimum absolute atomic E-state index is 0.177. The van der Waals surface area contributed by atoms with Crippen molar-refractivity contribution in [1.29, 1.82) is 0 Å². The molecule has 3 radical (unpaired) electrons. The molecule has 0 spiro atoms. The summed E-state index contributed by atoms with van der Waals surface area (Å²) in [7, 11) is 0. The van der Waals surface area contributed by atoms with Gasteiger partial charge in [-0.05, 0) is 0 Å². The molecule has 0 fully saturated rings. The van der Waals surface area contributed by atoms with E-state index in [-0.39, 0.29) is 6.54 Å². The zero-order valence-corrected chi connectivity index (χ0v) is 4.94. The topological polar surface area (TPSA) is 15.6 Å². The minimum Gasteiger partial charge on any atom is -0.332 e. The molecular formula is C5H4F3N2. The Morgan fingerprint density at radius 3 is 2.60 bits per heavy atom. The molecule has 1 aliphatic heterocycles. The second-order valence-corrected chi connectivity index (χ2v) is 1.78. The second kappa shape index (κ2) is 2.48. The fraction of sp³-hybridized carbons (Fsp3) is 0.600. The van der Waals surface area contributed by atoms with Crippen LogP contribution >= 0.6 is 0 Å². The summed E-state index contributed by atoms with van der Waals surface area (Å²) in [5, 5.41) is 0. The number of nitrogens with zero attached hydrogens (tertiary/aromatic N) is 2. The molecule has 0 atom stereocenters. The average Bonchev–Trinajstić information content (AvgIpc) is 2.12. The van der Waals surface area contributed by atoms with Gasteiger partial charge in [0.25, 0.3) is 0 Å². The van der Waals surface area contributed by atoms with E-state index in [0.717, 1.165) is 4.90 Å². The highest BCUT2D eigenvalue weighted by molar-refractivity contribution is 5.58. The van der Waals surface area contributed by atoms with Gasteiger partial charge in [0.15, 0.2) is 6.34 Å². The van der Waals surface area contributed by atoms with Gasteiger partial charge in [0, 0.05) is 0 Å². The van der Waals surface area contributed by atoms with E-state index in [0.29, 0.717) is 0 Å². The lowest BCUT2D eigenvalue weighted by Gasteiger charge is -2.13. The SMILES string of the molecule is FC(F)(F)CN1[C]CN=[C]1. The van der Waals surface area contributed by atoms with Crippen molar-refractivity contribution >= 4 is 6.34 Å². The Morgan fingerprint density at radius 2 is 2.20 bits per heavy atom. The Balaban J connectivity index is 2.31. The first-order valence-electron chi connectivity index (χ1n) is 2.58. The van der Waals surface area contributed by atoms with Gasteiger partial charge >= 0.3 is 6.18 Å². The van der Waals surface area contributed by atoms with Gasteiger partial charge in [-0.15, -0.1) is 0 Å². The maximum atomic E-state index is 11.5. The molecule has 1 rings (SSSR count). The summed E-state index contributed by atoms with van der Waals surface area (Å²) in [6.07, 6.45) is -2.05. The van der Waals surface area contributed by atoms with Crippen LogP contribution < -0.4 is 0 Å². The highest BCUT2D eigenvalue weighted by atomic mass is 19.4. The number of hydrogen-bond donors (Lipinski definition) is 0. The predicted molar refractivity (Wildman–Crippen MR) is 28.3 cm³/mol. The highest BCUT2D eigenvalue weighted by Crippen LogP contribution is 2.17. The molecule has 0 amide bonds. The molecule has 2 nitrogen and oxygen atoms in total. The number of aliphatic imine (C=N–C) groups is 1. The molecule has 1 heterocycles. The maximum Gasteiger partial charge on any atom is 0.406 e. The van der Waals surface area contributed by atoms with Gasteiger partial charge in [0.05, 0.1) is 6.54 Å². The molecule has 0 unspecified atom stereocenters. The zero-order valence-electron chi connectivity index (χ0n) is 4.94. The molecule has 0 aliphatic carbocycles. The quantitative estimate of drug-likeness (QED) is 0.538. The predicted octanol–water partition coefficient (Wildman–Crippen LogP) is 0.808. The molecule has 5 heteroatoms. The van der Waals surface area contributed by atoms with Crippen LogP contribution in [0.5, 0.6) is 0 Å². The van der Waals surface area contributed by atoms with Crippen molar-refractivity contribution < 1.29 is 13.2 Å². The zero-order chi connectivity index (χ0) is 7.61. The van der Waals surface area contributed by atoms with Gasteiger partial charge < -0.3 is 4.90 Å². The smallest absolute Gasteiger partial charge is 0.332 e. The summed E-state index contributed by atoms with van der Waals surface area (Å²) in [4.78, 5) is 4.19. The lowest BCUT2D eigenvalue weighted by molar-refractivity contribution is -0.134. The van der Waals surface area contributed by atoms with E-state index in [9.17, 15) is 13.2 Å². The molecule has 0 aromatic rings. The molecular weight excluding hydrogens is 145 g/mol. The fourth-order valence-electron chi connectivity index (χ4n) is 0.547. The first-order valence-corrected chi connectivity index (χ1v) is 2.58. The van der Waals surface area contributed by atoms with Gasteiger partial charge in [-0.2, -0.15) is 13.2 Å². The second-order valence-electron chi connectivity index (χ2n) is 1.78. The van der Waals surface area contributed by atoms with Crippen molar-refractivity contribution in [3.63, 3.8) is 0 Å². The van der Waals surface area contributed by atoms with Crippen LogP contribution in [0.4, 0.5) is 13.2 Å². The Kier molecular flexibility index (Phi) is 1.82. The van der Waals surface area contributed by atoms with Crippen molar-refractivity contribution in [2.45, 2.75) is 6.18 Å². The minimum atomic E-state index is -4.19.